The molecule has 0 aliphatic carbocycles. The van der Waals surface area contributed by atoms with Crippen LogP contribution in [0, 0.1) is 0 Å². The largest absolute Gasteiger partial charge is 0.493 e. The number of nitrogens with zero attached hydrogens (tertiary/aromatic N) is 2. The Morgan fingerprint density at radius 2 is 2.04 bits per heavy atom. The van der Waals surface area contributed by atoms with E-state index in [1.54, 1.807) is 13.3 Å². The van der Waals surface area contributed by atoms with Crippen molar-refractivity contribution < 1.29 is 14.2 Å². The molecule has 0 spiro atoms. The Kier molecular flexibility index (Phi) is 4.98. The molecule has 1 saturated heterocycles. The van der Waals surface area contributed by atoms with Crippen molar-refractivity contribution >= 4 is 0 Å². The summed E-state index contributed by atoms with van der Waals surface area (Å²) < 4.78 is 17.0. The van der Waals surface area contributed by atoms with Gasteiger partial charge in [0.15, 0.2) is 0 Å². The summed E-state index contributed by atoms with van der Waals surface area (Å²) in [7, 11) is 1.62. The number of piperidine rings is 1. The first-order valence-corrected chi connectivity index (χ1v) is 9.39. The van der Waals surface area contributed by atoms with Crippen molar-refractivity contribution in [3.05, 3.63) is 47.7 Å². The highest BCUT2D eigenvalue weighted by Crippen LogP contribution is 2.32. The van der Waals surface area contributed by atoms with Crippen LogP contribution in [-0.4, -0.2) is 42.8 Å². The van der Waals surface area contributed by atoms with E-state index in [2.05, 4.69) is 35.0 Å². The SMILES string of the molecule is COc1cc(OC2CCN(C(C)c3ccc4c(c3)OCC4)CC2)ccn1. The fourth-order valence-corrected chi connectivity index (χ4v) is 3.80. The van der Waals surface area contributed by atoms with Gasteiger partial charge in [0.25, 0.3) is 0 Å². The molecule has 138 valence electrons. The first kappa shape index (κ1) is 17.2. The Hall–Kier alpha value is -2.27. The molecule has 0 saturated carbocycles. The summed E-state index contributed by atoms with van der Waals surface area (Å²) in [5.41, 5.74) is 2.67. The maximum Gasteiger partial charge on any atom is 0.216 e. The van der Waals surface area contributed by atoms with Crippen LogP contribution in [0.1, 0.15) is 36.9 Å². The lowest BCUT2D eigenvalue weighted by Gasteiger charge is -2.36. The second kappa shape index (κ2) is 7.54. The van der Waals surface area contributed by atoms with Crippen molar-refractivity contribution in [2.24, 2.45) is 0 Å². The van der Waals surface area contributed by atoms with Crippen LogP contribution in [-0.2, 0) is 6.42 Å². The number of hydrogen-bond donors (Lipinski definition) is 0. The predicted molar refractivity (Wildman–Crippen MR) is 100 cm³/mol. The maximum atomic E-state index is 6.13. The lowest BCUT2D eigenvalue weighted by Crippen LogP contribution is -2.39. The fraction of sp³-hybridized carbons (Fsp3) is 0.476. The zero-order chi connectivity index (χ0) is 17.9. The van der Waals surface area contributed by atoms with Gasteiger partial charge in [-0.3, -0.25) is 4.90 Å². The number of fused-ring (bicyclic) bond motifs is 1. The van der Waals surface area contributed by atoms with Gasteiger partial charge in [0.05, 0.1) is 13.7 Å². The van der Waals surface area contributed by atoms with E-state index >= 15 is 0 Å². The second-order valence-electron chi connectivity index (χ2n) is 7.03. The Morgan fingerprint density at radius 3 is 2.85 bits per heavy atom. The lowest BCUT2D eigenvalue weighted by atomic mass is 10.00. The van der Waals surface area contributed by atoms with Crippen LogP contribution in [0.2, 0.25) is 0 Å². The van der Waals surface area contributed by atoms with Gasteiger partial charge in [-0.1, -0.05) is 12.1 Å². The van der Waals surface area contributed by atoms with E-state index in [0.717, 1.165) is 50.5 Å². The highest BCUT2D eigenvalue weighted by Gasteiger charge is 2.25. The van der Waals surface area contributed by atoms with E-state index in [9.17, 15) is 0 Å². The third kappa shape index (κ3) is 3.63. The summed E-state index contributed by atoms with van der Waals surface area (Å²) in [6, 6.07) is 10.8. The molecule has 2 aliphatic heterocycles. The number of benzene rings is 1. The van der Waals surface area contributed by atoms with Gasteiger partial charge in [0.1, 0.15) is 17.6 Å². The van der Waals surface area contributed by atoms with E-state index in [1.807, 2.05) is 12.1 Å². The summed E-state index contributed by atoms with van der Waals surface area (Å²) in [6.45, 7) is 5.17. The number of methoxy groups -OCH3 is 1. The molecule has 1 fully saturated rings. The quantitative estimate of drug-likeness (QED) is 0.820. The summed E-state index contributed by atoms with van der Waals surface area (Å²) >= 11 is 0. The van der Waals surface area contributed by atoms with E-state index < -0.39 is 0 Å². The van der Waals surface area contributed by atoms with Gasteiger partial charge in [-0.25, -0.2) is 4.98 Å². The minimum Gasteiger partial charge on any atom is -0.493 e. The number of pyridine rings is 1. The molecule has 5 nitrogen and oxygen atoms in total. The standard InChI is InChI=1S/C21H26N2O3/c1-15(17-4-3-16-8-12-25-20(16)13-17)23-10-6-18(7-11-23)26-19-5-9-22-21(14-19)24-2/h3-5,9,13-15,18H,6-8,10-12H2,1-2H3. The van der Waals surface area contributed by atoms with Crippen LogP contribution < -0.4 is 14.2 Å². The second-order valence-corrected chi connectivity index (χ2v) is 7.03. The van der Waals surface area contributed by atoms with E-state index in [4.69, 9.17) is 14.2 Å². The zero-order valence-electron chi connectivity index (χ0n) is 15.5. The average Bonchev–Trinajstić information content (AvgIpc) is 3.16. The zero-order valence-corrected chi connectivity index (χ0v) is 15.5. The lowest BCUT2D eigenvalue weighted by molar-refractivity contribution is 0.0794. The van der Waals surface area contributed by atoms with Gasteiger partial charge >= 0.3 is 0 Å². The van der Waals surface area contributed by atoms with E-state index in [0.29, 0.717) is 11.9 Å². The van der Waals surface area contributed by atoms with Crippen LogP contribution in [0.3, 0.4) is 0 Å². The normalized spacial score (nSPS) is 18.8. The Morgan fingerprint density at radius 1 is 1.19 bits per heavy atom. The van der Waals surface area contributed by atoms with Crippen LogP contribution >= 0.6 is 0 Å². The fourth-order valence-electron chi connectivity index (χ4n) is 3.80. The number of likely N-dealkylation sites (tertiary alicyclic amines) is 1. The van der Waals surface area contributed by atoms with Crippen LogP contribution in [0.15, 0.2) is 36.5 Å². The monoisotopic (exact) mass is 354 g/mol. The van der Waals surface area contributed by atoms with Gasteiger partial charge in [-0.15, -0.1) is 0 Å². The summed E-state index contributed by atoms with van der Waals surface area (Å²) in [5.74, 6) is 2.49. The molecule has 1 aromatic carbocycles. The molecule has 0 radical (unpaired) electrons. The first-order valence-electron chi connectivity index (χ1n) is 9.39. The molecule has 3 heterocycles. The highest BCUT2D eigenvalue weighted by atomic mass is 16.5. The molecule has 5 heteroatoms. The molecule has 1 aromatic heterocycles. The van der Waals surface area contributed by atoms with Gasteiger partial charge < -0.3 is 14.2 Å². The van der Waals surface area contributed by atoms with Gasteiger partial charge in [0.2, 0.25) is 5.88 Å². The summed E-state index contributed by atoms with van der Waals surface area (Å²) in [6.07, 6.45) is 5.05. The van der Waals surface area contributed by atoms with Gasteiger partial charge in [0, 0.05) is 37.8 Å². The Labute approximate surface area is 154 Å². The van der Waals surface area contributed by atoms with Crippen molar-refractivity contribution in [3.8, 4) is 17.4 Å². The topological polar surface area (TPSA) is 43.8 Å². The van der Waals surface area contributed by atoms with E-state index in [-0.39, 0.29) is 6.10 Å². The minimum atomic E-state index is 0.244. The smallest absolute Gasteiger partial charge is 0.216 e. The average molecular weight is 354 g/mol. The highest BCUT2D eigenvalue weighted by molar-refractivity contribution is 5.41. The van der Waals surface area contributed by atoms with Gasteiger partial charge in [-0.2, -0.15) is 0 Å². The number of hydrogen-bond acceptors (Lipinski definition) is 5. The molecule has 26 heavy (non-hydrogen) atoms. The van der Waals surface area contributed by atoms with Crippen LogP contribution in [0.25, 0.3) is 0 Å². The Balaban J connectivity index is 1.34. The molecule has 1 atom stereocenters. The molecule has 0 amide bonds. The molecule has 2 aromatic rings. The van der Waals surface area contributed by atoms with Crippen molar-refractivity contribution in [1.82, 2.24) is 9.88 Å². The molecule has 0 N–H and O–H groups in total. The molecule has 4 rings (SSSR count). The number of aromatic nitrogens is 1. The van der Waals surface area contributed by atoms with Crippen LogP contribution in [0.4, 0.5) is 0 Å². The number of rotatable bonds is 5. The molecule has 2 aliphatic rings. The molecular formula is C21H26N2O3. The summed E-state index contributed by atoms with van der Waals surface area (Å²) in [5, 5.41) is 0. The van der Waals surface area contributed by atoms with Crippen LogP contribution in [0.5, 0.6) is 17.4 Å². The van der Waals surface area contributed by atoms with Gasteiger partial charge in [-0.05, 0) is 43.0 Å². The van der Waals surface area contributed by atoms with Crippen molar-refractivity contribution in [1.29, 1.82) is 0 Å². The number of ether oxygens (including phenoxy) is 3. The van der Waals surface area contributed by atoms with E-state index in [1.165, 1.54) is 11.1 Å². The predicted octanol–water partition coefficient (Wildman–Crippen LogP) is 3.63. The molecule has 1 unspecified atom stereocenters. The van der Waals surface area contributed by atoms with Crippen molar-refractivity contribution in [2.45, 2.75) is 38.3 Å². The van der Waals surface area contributed by atoms with Crippen molar-refractivity contribution in [3.63, 3.8) is 0 Å². The van der Waals surface area contributed by atoms with Crippen molar-refractivity contribution in [2.75, 3.05) is 26.8 Å². The minimum absolute atomic E-state index is 0.244. The Bertz CT molecular complexity index is 757. The maximum absolute atomic E-state index is 6.13. The summed E-state index contributed by atoms with van der Waals surface area (Å²) in [4.78, 5) is 6.66. The molecule has 0 bridgehead atoms. The first-order chi connectivity index (χ1) is 12.7. The third-order valence-corrected chi connectivity index (χ3v) is 5.45. The molecular weight excluding hydrogens is 328 g/mol. The third-order valence-electron chi connectivity index (χ3n) is 5.45.